The van der Waals surface area contributed by atoms with Crippen molar-refractivity contribution in [2.75, 3.05) is 4.72 Å². The van der Waals surface area contributed by atoms with E-state index in [1.807, 2.05) is 13.0 Å². The molecule has 0 aliphatic heterocycles. The number of nitrogens with one attached hydrogen (secondary N) is 1. The Balaban J connectivity index is 2.21. The van der Waals surface area contributed by atoms with Crippen molar-refractivity contribution in [1.82, 2.24) is 0 Å². The van der Waals surface area contributed by atoms with E-state index in [1.165, 1.54) is 12.1 Å². The van der Waals surface area contributed by atoms with Gasteiger partial charge in [0, 0.05) is 5.69 Å². The highest BCUT2D eigenvalue weighted by molar-refractivity contribution is 7.92. The molecule has 0 atom stereocenters. The average molecular weight is 347 g/mol. The van der Waals surface area contributed by atoms with Gasteiger partial charge >= 0.3 is 5.97 Å². The number of ether oxygens (including phenoxy) is 1. The van der Waals surface area contributed by atoms with Gasteiger partial charge in [-0.2, -0.15) is 0 Å². The summed E-state index contributed by atoms with van der Waals surface area (Å²) >= 11 is 0. The number of carbonyl (C=O) groups excluding carboxylic acids is 1. The largest absolute Gasteiger partial charge is 0.459 e. The van der Waals surface area contributed by atoms with E-state index in [9.17, 15) is 13.2 Å². The maximum absolute atomic E-state index is 12.5. The van der Waals surface area contributed by atoms with E-state index in [1.54, 1.807) is 45.0 Å². The van der Waals surface area contributed by atoms with Gasteiger partial charge in [0.2, 0.25) is 0 Å². The lowest BCUT2D eigenvalue weighted by atomic mass is 10.2. The summed E-state index contributed by atoms with van der Waals surface area (Å²) in [6, 6.07) is 11.4. The molecule has 0 saturated heterocycles. The van der Waals surface area contributed by atoms with Crippen LogP contribution in [0.5, 0.6) is 0 Å². The number of hydrogen-bond donors (Lipinski definition) is 1. The Morgan fingerprint density at radius 2 is 1.67 bits per heavy atom. The van der Waals surface area contributed by atoms with Crippen molar-refractivity contribution in [3.05, 3.63) is 59.2 Å². The van der Waals surface area contributed by atoms with Crippen LogP contribution < -0.4 is 4.72 Å². The number of anilines is 1. The summed E-state index contributed by atoms with van der Waals surface area (Å²) in [6.07, 6.45) is -0.208. The topological polar surface area (TPSA) is 72.5 Å². The summed E-state index contributed by atoms with van der Waals surface area (Å²) in [5, 5.41) is 0. The number of carbonyl (C=O) groups is 1. The van der Waals surface area contributed by atoms with Crippen molar-refractivity contribution in [2.24, 2.45) is 0 Å². The van der Waals surface area contributed by atoms with E-state index in [0.29, 0.717) is 16.8 Å². The second-order valence-electron chi connectivity index (χ2n) is 5.91. The Morgan fingerprint density at radius 3 is 2.25 bits per heavy atom. The van der Waals surface area contributed by atoms with Crippen LogP contribution in [0.1, 0.15) is 35.3 Å². The predicted molar refractivity (Wildman–Crippen MR) is 93.7 cm³/mol. The molecule has 0 fully saturated rings. The third-order valence-electron chi connectivity index (χ3n) is 3.35. The number of esters is 1. The van der Waals surface area contributed by atoms with Gasteiger partial charge in [-0.25, -0.2) is 13.2 Å². The minimum Gasteiger partial charge on any atom is -0.459 e. The predicted octanol–water partition coefficient (Wildman–Crippen LogP) is 3.67. The molecule has 128 valence electrons. The molecule has 0 amide bonds. The zero-order valence-electron chi connectivity index (χ0n) is 14.2. The first-order chi connectivity index (χ1) is 11.2. The van der Waals surface area contributed by atoms with Gasteiger partial charge in [0.05, 0.1) is 16.6 Å². The number of rotatable bonds is 5. The van der Waals surface area contributed by atoms with Crippen LogP contribution in [0.3, 0.4) is 0 Å². The van der Waals surface area contributed by atoms with Crippen LogP contribution in [0.15, 0.2) is 47.4 Å². The van der Waals surface area contributed by atoms with Crippen LogP contribution in [0.4, 0.5) is 5.69 Å². The quantitative estimate of drug-likeness (QED) is 0.838. The lowest BCUT2D eigenvalue weighted by Gasteiger charge is -2.12. The molecular formula is C18H21NO4S. The van der Waals surface area contributed by atoms with Crippen LogP contribution in [0.2, 0.25) is 0 Å². The van der Waals surface area contributed by atoms with Gasteiger partial charge < -0.3 is 4.74 Å². The standard InChI is InChI=1S/C18H21NO4S/c1-12(2)23-18(20)15-7-9-16(10-8-15)19-24(21,22)17-11-13(3)5-6-14(17)4/h5-12,19H,1-4H3. The SMILES string of the molecule is Cc1ccc(C)c(S(=O)(=O)Nc2ccc(C(=O)OC(C)C)cc2)c1. The molecule has 2 aromatic carbocycles. The van der Waals surface area contributed by atoms with Crippen LogP contribution in [-0.4, -0.2) is 20.5 Å². The van der Waals surface area contributed by atoms with E-state index in [0.717, 1.165) is 5.56 Å². The molecule has 0 heterocycles. The Kier molecular flexibility index (Phi) is 5.29. The highest BCUT2D eigenvalue weighted by Gasteiger charge is 2.17. The molecule has 0 aliphatic carbocycles. The summed E-state index contributed by atoms with van der Waals surface area (Å²) in [4.78, 5) is 12.0. The molecule has 0 spiro atoms. The molecule has 0 unspecified atom stereocenters. The van der Waals surface area contributed by atoms with Crippen molar-refractivity contribution < 1.29 is 17.9 Å². The van der Waals surface area contributed by atoms with Gasteiger partial charge in [-0.1, -0.05) is 12.1 Å². The molecule has 0 aliphatic rings. The third kappa shape index (κ3) is 4.35. The normalized spacial score (nSPS) is 11.4. The minimum absolute atomic E-state index is 0.208. The maximum atomic E-state index is 12.5. The lowest BCUT2D eigenvalue weighted by Crippen LogP contribution is -2.15. The molecule has 6 heteroatoms. The second-order valence-corrected chi connectivity index (χ2v) is 7.56. The zero-order valence-corrected chi connectivity index (χ0v) is 15.0. The minimum atomic E-state index is -3.68. The first-order valence-electron chi connectivity index (χ1n) is 7.60. The summed E-state index contributed by atoms with van der Waals surface area (Å²) in [6.45, 7) is 7.13. The van der Waals surface area contributed by atoms with Crippen molar-refractivity contribution in [3.63, 3.8) is 0 Å². The fraction of sp³-hybridized carbons (Fsp3) is 0.278. The first-order valence-corrected chi connectivity index (χ1v) is 9.08. The van der Waals surface area contributed by atoms with E-state index < -0.39 is 16.0 Å². The van der Waals surface area contributed by atoms with Gasteiger partial charge in [0.1, 0.15) is 0 Å². The van der Waals surface area contributed by atoms with Gasteiger partial charge in [0.25, 0.3) is 10.0 Å². The van der Waals surface area contributed by atoms with E-state index >= 15 is 0 Å². The number of hydrogen-bond acceptors (Lipinski definition) is 4. The zero-order chi connectivity index (χ0) is 17.9. The summed E-state index contributed by atoms with van der Waals surface area (Å²) in [5.41, 5.74) is 2.30. The average Bonchev–Trinajstić information content (AvgIpc) is 2.49. The Bertz CT molecular complexity index is 840. The van der Waals surface area contributed by atoms with Gasteiger partial charge in [-0.15, -0.1) is 0 Å². The smallest absolute Gasteiger partial charge is 0.338 e. The van der Waals surface area contributed by atoms with Crippen molar-refractivity contribution in [3.8, 4) is 0 Å². The Labute approximate surface area is 142 Å². The Morgan fingerprint density at radius 1 is 1.04 bits per heavy atom. The molecule has 2 aromatic rings. The fourth-order valence-corrected chi connectivity index (χ4v) is 3.55. The van der Waals surface area contributed by atoms with E-state index in [-0.39, 0.29) is 11.0 Å². The fourth-order valence-electron chi connectivity index (χ4n) is 2.16. The molecule has 24 heavy (non-hydrogen) atoms. The third-order valence-corrected chi connectivity index (χ3v) is 4.87. The molecule has 0 aromatic heterocycles. The summed E-state index contributed by atoms with van der Waals surface area (Å²) < 4.78 is 32.7. The summed E-state index contributed by atoms with van der Waals surface area (Å²) in [7, 11) is -3.68. The van der Waals surface area contributed by atoms with E-state index in [4.69, 9.17) is 4.74 Å². The van der Waals surface area contributed by atoms with Crippen LogP contribution >= 0.6 is 0 Å². The molecule has 0 bridgehead atoms. The number of benzene rings is 2. The van der Waals surface area contributed by atoms with E-state index in [2.05, 4.69) is 4.72 Å². The highest BCUT2D eigenvalue weighted by Crippen LogP contribution is 2.21. The van der Waals surface area contributed by atoms with Crippen LogP contribution in [-0.2, 0) is 14.8 Å². The van der Waals surface area contributed by atoms with Gasteiger partial charge in [-0.3, -0.25) is 4.72 Å². The summed E-state index contributed by atoms with van der Waals surface area (Å²) in [5.74, 6) is -0.436. The lowest BCUT2D eigenvalue weighted by molar-refractivity contribution is 0.0378. The molecule has 0 saturated carbocycles. The number of sulfonamides is 1. The molecule has 1 N–H and O–H groups in total. The van der Waals surface area contributed by atoms with Crippen LogP contribution in [0, 0.1) is 13.8 Å². The Hall–Kier alpha value is -2.34. The van der Waals surface area contributed by atoms with Gasteiger partial charge in [0.15, 0.2) is 0 Å². The molecule has 5 nitrogen and oxygen atoms in total. The number of aryl methyl sites for hydroxylation is 2. The molecule has 2 rings (SSSR count). The van der Waals surface area contributed by atoms with Crippen molar-refractivity contribution >= 4 is 21.7 Å². The van der Waals surface area contributed by atoms with Crippen molar-refractivity contribution in [2.45, 2.75) is 38.7 Å². The van der Waals surface area contributed by atoms with Gasteiger partial charge in [-0.05, 0) is 69.2 Å². The highest BCUT2D eigenvalue weighted by atomic mass is 32.2. The molecule has 0 radical (unpaired) electrons. The molecular weight excluding hydrogens is 326 g/mol. The second kappa shape index (κ2) is 7.05. The van der Waals surface area contributed by atoms with Crippen molar-refractivity contribution in [1.29, 1.82) is 0 Å². The monoisotopic (exact) mass is 347 g/mol. The van der Waals surface area contributed by atoms with Crippen LogP contribution in [0.25, 0.3) is 0 Å². The first kappa shape index (κ1) is 18.0. The maximum Gasteiger partial charge on any atom is 0.338 e.